The van der Waals surface area contributed by atoms with Gasteiger partial charge in [0, 0.05) is 11.3 Å². The van der Waals surface area contributed by atoms with Crippen molar-refractivity contribution in [3.05, 3.63) is 59.3 Å². The third-order valence-electron chi connectivity index (χ3n) is 5.19. The lowest BCUT2D eigenvalue weighted by Gasteiger charge is -2.28. The Morgan fingerprint density at radius 1 is 1.03 bits per heavy atom. The van der Waals surface area contributed by atoms with E-state index in [2.05, 4.69) is 15.4 Å². The van der Waals surface area contributed by atoms with Crippen LogP contribution < -0.4 is 25.3 Å². The standard InChI is InChI=1S/C22H23N5O4/c1-12-18(20(23)28)19(14-7-10-16(30-3)17(11-14)31-4)27-22(24-12)25-21(26-27)13-5-8-15(29-2)9-6-13/h5-11,19H,1-4H3,(H2,23,28)(H,24,25,26). The monoisotopic (exact) mass is 421 g/mol. The summed E-state index contributed by atoms with van der Waals surface area (Å²) >= 11 is 0. The first-order valence-electron chi connectivity index (χ1n) is 9.57. The number of nitrogens with one attached hydrogen (secondary N) is 1. The SMILES string of the molecule is COc1ccc(-c2nc3n(n2)C(c2ccc(OC)c(OC)c2)C(C(N)=O)=C(C)N3)cc1. The van der Waals surface area contributed by atoms with Crippen LogP contribution in [0.25, 0.3) is 11.4 Å². The van der Waals surface area contributed by atoms with Gasteiger partial charge in [0.25, 0.3) is 0 Å². The van der Waals surface area contributed by atoms with E-state index in [0.29, 0.717) is 34.5 Å². The molecule has 4 rings (SSSR count). The zero-order valence-electron chi connectivity index (χ0n) is 17.7. The molecule has 1 unspecified atom stereocenters. The molecule has 0 saturated heterocycles. The Hall–Kier alpha value is -4.01. The van der Waals surface area contributed by atoms with Crippen molar-refractivity contribution < 1.29 is 19.0 Å². The summed E-state index contributed by atoms with van der Waals surface area (Å²) < 4.78 is 17.7. The lowest BCUT2D eigenvalue weighted by molar-refractivity contribution is -0.115. The van der Waals surface area contributed by atoms with Crippen molar-refractivity contribution in [2.75, 3.05) is 26.6 Å². The number of ether oxygens (including phenoxy) is 3. The average molecular weight is 421 g/mol. The van der Waals surface area contributed by atoms with E-state index in [1.807, 2.05) is 36.4 Å². The highest BCUT2D eigenvalue weighted by molar-refractivity contribution is 5.95. The van der Waals surface area contributed by atoms with Crippen LogP contribution in [0, 0.1) is 0 Å². The molecule has 0 saturated carbocycles. The second kappa shape index (κ2) is 8.02. The average Bonchev–Trinajstić information content (AvgIpc) is 3.21. The van der Waals surface area contributed by atoms with Gasteiger partial charge in [-0.3, -0.25) is 4.79 Å². The first-order valence-corrected chi connectivity index (χ1v) is 9.57. The molecule has 1 atom stereocenters. The van der Waals surface area contributed by atoms with Gasteiger partial charge in [-0.05, 0) is 48.9 Å². The van der Waals surface area contributed by atoms with E-state index in [9.17, 15) is 4.79 Å². The number of nitrogens with two attached hydrogens (primary N) is 1. The number of allylic oxidation sites excluding steroid dienone is 1. The Bertz CT molecular complexity index is 1170. The number of carbonyl (C=O) groups is 1. The maximum absolute atomic E-state index is 12.4. The molecule has 1 aromatic heterocycles. The number of rotatable bonds is 6. The molecule has 1 aliphatic heterocycles. The molecule has 0 spiro atoms. The molecular weight excluding hydrogens is 398 g/mol. The van der Waals surface area contributed by atoms with Gasteiger partial charge in [0.2, 0.25) is 11.9 Å². The Morgan fingerprint density at radius 2 is 1.74 bits per heavy atom. The van der Waals surface area contributed by atoms with E-state index in [1.165, 1.54) is 0 Å². The molecule has 0 fully saturated rings. The summed E-state index contributed by atoms with van der Waals surface area (Å²) in [6.07, 6.45) is 0. The smallest absolute Gasteiger partial charge is 0.248 e. The lowest BCUT2D eigenvalue weighted by Crippen LogP contribution is -2.31. The minimum absolute atomic E-state index is 0.394. The number of hydrogen-bond donors (Lipinski definition) is 2. The van der Waals surface area contributed by atoms with E-state index in [-0.39, 0.29) is 0 Å². The fourth-order valence-electron chi connectivity index (χ4n) is 3.66. The number of methoxy groups -OCH3 is 3. The van der Waals surface area contributed by atoms with Gasteiger partial charge < -0.3 is 25.3 Å². The number of anilines is 1. The maximum atomic E-state index is 12.4. The number of fused-ring (bicyclic) bond motifs is 1. The van der Waals surface area contributed by atoms with Crippen LogP contribution in [0.1, 0.15) is 18.5 Å². The highest BCUT2D eigenvalue weighted by Crippen LogP contribution is 2.39. The van der Waals surface area contributed by atoms with Crippen LogP contribution in [0.15, 0.2) is 53.7 Å². The van der Waals surface area contributed by atoms with Gasteiger partial charge >= 0.3 is 0 Å². The van der Waals surface area contributed by atoms with Gasteiger partial charge in [-0.1, -0.05) is 6.07 Å². The second-order valence-electron chi connectivity index (χ2n) is 6.98. The normalized spacial score (nSPS) is 15.2. The zero-order chi connectivity index (χ0) is 22.1. The molecule has 0 bridgehead atoms. The van der Waals surface area contributed by atoms with Crippen molar-refractivity contribution in [2.45, 2.75) is 13.0 Å². The third kappa shape index (κ3) is 3.54. The Kier molecular flexibility index (Phi) is 5.24. The fourth-order valence-corrected chi connectivity index (χ4v) is 3.66. The van der Waals surface area contributed by atoms with Crippen molar-refractivity contribution in [2.24, 2.45) is 5.73 Å². The summed E-state index contributed by atoms with van der Waals surface area (Å²) in [5, 5.41) is 7.83. The maximum Gasteiger partial charge on any atom is 0.248 e. The Morgan fingerprint density at radius 3 is 2.35 bits per heavy atom. The molecule has 2 aromatic carbocycles. The van der Waals surface area contributed by atoms with Gasteiger partial charge in [-0.25, -0.2) is 4.68 Å². The Labute approximate surface area is 179 Å². The molecule has 31 heavy (non-hydrogen) atoms. The molecule has 2 heterocycles. The van der Waals surface area contributed by atoms with Crippen LogP contribution in [-0.4, -0.2) is 42.0 Å². The summed E-state index contributed by atoms with van der Waals surface area (Å²) in [4.78, 5) is 17.0. The number of carbonyl (C=O) groups excluding carboxylic acids is 1. The van der Waals surface area contributed by atoms with Crippen LogP contribution in [-0.2, 0) is 4.79 Å². The molecule has 0 aliphatic carbocycles. The second-order valence-corrected chi connectivity index (χ2v) is 6.98. The first kappa shape index (κ1) is 20.3. The number of benzene rings is 2. The van der Waals surface area contributed by atoms with Gasteiger partial charge in [0.1, 0.15) is 11.8 Å². The zero-order valence-corrected chi connectivity index (χ0v) is 17.7. The van der Waals surface area contributed by atoms with Crippen LogP contribution in [0.2, 0.25) is 0 Å². The summed E-state index contributed by atoms with van der Waals surface area (Å²) in [6.45, 7) is 1.79. The molecule has 160 valence electrons. The molecule has 1 amide bonds. The van der Waals surface area contributed by atoms with Crippen molar-refractivity contribution in [3.8, 4) is 28.6 Å². The van der Waals surface area contributed by atoms with Crippen molar-refractivity contribution in [1.82, 2.24) is 14.8 Å². The van der Waals surface area contributed by atoms with Crippen LogP contribution in [0.5, 0.6) is 17.2 Å². The van der Waals surface area contributed by atoms with Crippen molar-refractivity contribution in [3.63, 3.8) is 0 Å². The van der Waals surface area contributed by atoms with Crippen LogP contribution in [0.3, 0.4) is 0 Å². The molecule has 3 aromatic rings. The molecule has 3 N–H and O–H groups in total. The number of nitrogens with zero attached hydrogens (tertiary/aromatic N) is 3. The number of amides is 1. The van der Waals surface area contributed by atoms with Gasteiger partial charge in [-0.15, -0.1) is 5.10 Å². The third-order valence-corrected chi connectivity index (χ3v) is 5.19. The van der Waals surface area contributed by atoms with E-state index in [1.54, 1.807) is 39.0 Å². The predicted octanol–water partition coefficient (Wildman–Crippen LogP) is 2.75. The Balaban J connectivity index is 1.85. The largest absolute Gasteiger partial charge is 0.497 e. The lowest BCUT2D eigenvalue weighted by atomic mass is 9.95. The highest BCUT2D eigenvalue weighted by atomic mass is 16.5. The molecule has 1 aliphatic rings. The summed E-state index contributed by atoms with van der Waals surface area (Å²) in [5.74, 6) is 2.33. The number of aromatic nitrogens is 3. The number of hydrogen-bond acceptors (Lipinski definition) is 7. The fraction of sp³-hybridized carbons (Fsp3) is 0.227. The summed E-state index contributed by atoms with van der Waals surface area (Å²) in [6, 6.07) is 12.3. The molecular formula is C22H23N5O4. The van der Waals surface area contributed by atoms with Gasteiger partial charge in [-0.2, -0.15) is 4.98 Å². The minimum Gasteiger partial charge on any atom is -0.497 e. The molecule has 9 nitrogen and oxygen atoms in total. The topological polar surface area (TPSA) is 114 Å². The van der Waals surface area contributed by atoms with Crippen LogP contribution in [0.4, 0.5) is 5.95 Å². The van der Waals surface area contributed by atoms with Gasteiger partial charge in [0.05, 0.1) is 26.9 Å². The van der Waals surface area contributed by atoms with E-state index < -0.39 is 11.9 Å². The van der Waals surface area contributed by atoms with E-state index >= 15 is 0 Å². The van der Waals surface area contributed by atoms with E-state index in [0.717, 1.165) is 16.9 Å². The van der Waals surface area contributed by atoms with Crippen LogP contribution >= 0.6 is 0 Å². The number of primary amides is 1. The quantitative estimate of drug-likeness (QED) is 0.629. The molecule has 9 heteroatoms. The van der Waals surface area contributed by atoms with E-state index in [4.69, 9.17) is 19.9 Å². The van der Waals surface area contributed by atoms with Crippen molar-refractivity contribution >= 4 is 11.9 Å². The van der Waals surface area contributed by atoms with Crippen molar-refractivity contribution in [1.29, 1.82) is 0 Å². The molecule has 0 radical (unpaired) electrons. The van der Waals surface area contributed by atoms with Gasteiger partial charge in [0.15, 0.2) is 17.3 Å². The summed E-state index contributed by atoms with van der Waals surface area (Å²) in [7, 11) is 4.74. The minimum atomic E-state index is -0.576. The highest BCUT2D eigenvalue weighted by Gasteiger charge is 2.34. The summed E-state index contributed by atoms with van der Waals surface area (Å²) in [5.41, 5.74) is 8.34. The first-order chi connectivity index (χ1) is 15.0. The predicted molar refractivity (Wildman–Crippen MR) is 115 cm³/mol.